The molecule has 1 amide bonds. The van der Waals surface area contributed by atoms with Gasteiger partial charge in [0.25, 0.3) is 5.91 Å². The molecule has 2 heterocycles. The molecule has 1 N–H and O–H groups in total. The zero-order valence-electron chi connectivity index (χ0n) is 19.2. The monoisotopic (exact) mass is 455 g/mol. The third kappa shape index (κ3) is 3.65. The maximum Gasteiger partial charge on any atom is 0.273 e. The molecule has 0 aliphatic carbocycles. The molecule has 1 unspecified atom stereocenters. The molecule has 4 aromatic rings. The number of benzene rings is 3. The first-order valence-corrected chi connectivity index (χ1v) is 10.9. The van der Waals surface area contributed by atoms with Crippen LogP contribution in [-0.2, 0) is 6.54 Å². The number of hydrogen-bond acceptors (Lipinski definition) is 5. The number of rotatable bonds is 7. The second-order valence-corrected chi connectivity index (χ2v) is 8.02. The minimum absolute atomic E-state index is 0.0970. The fraction of sp³-hybridized carbons (Fsp3) is 0.185. The number of methoxy groups -OCH3 is 3. The van der Waals surface area contributed by atoms with Gasteiger partial charge < -0.3 is 19.1 Å². The molecule has 1 aliphatic rings. The highest BCUT2D eigenvalue weighted by Gasteiger charge is 2.42. The van der Waals surface area contributed by atoms with Gasteiger partial charge in [-0.1, -0.05) is 48.5 Å². The number of fused-ring (bicyclic) bond motifs is 1. The summed E-state index contributed by atoms with van der Waals surface area (Å²) in [6.07, 6.45) is 0. The number of amides is 1. The first-order valence-electron chi connectivity index (χ1n) is 10.9. The first-order chi connectivity index (χ1) is 16.6. The Balaban J connectivity index is 1.63. The van der Waals surface area contributed by atoms with Gasteiger partial charge in [-0.2, -0.15) is 5.10 Å². The molecular formula is C27H25N3O4. The van der Waals surface area contributed by atoms with E-state index in [1.165, 1.54) is 0 Å². The summed E-state index contributed by atoms with van der Waals surface area (Å²) in [4.78, 5) is 15.5. The maximum atomic E-state index is 13.6. The van der Waals surface area contributed by atoms with Crippen molar-refractivity contribution in [2.45, 2.75) is 12.6 Å². The third-order valence-corrected chi connectivity index (χ3v) is 6.15. The van der Waals surface area contributed by atoms with Crippen LogP contribution in [0.3, 0.4) is 0 Å². The fourth-order valence-corrected chi connectivity index (χ4v) is 4.47. The number of hydrogen-bond donors (Lipinski definition) is 1. The predicted octanol–water partition coefficient (Wildman–Crippen LogP) is 4.85. The number of aromatic amines is 1. The van der Waals surface area contributed by atoms with Gasteiger partial charge in [-0.3, -0.25) is 9.89 Å². The van der Waals surface area contributed by atoms with Gasteiger partial charge in [-0.05, 0) is 35.4 Å². The zero-order valence-corrected chi connectivity index (χ0v) is 19.2. The van der Waals surface area contributed by atoms with Crippen molar-refractivity contribution in [3.63, 3.8) is 0 Å². The summed E-state index contributed by atoms with van der Waals surface area (Å²) in [5.74, 6) is 1.91. The van der Waals surface area contributed by atoms with Gasteiger partial charge in [0.05, 0.1) is 33.1 Å². The van der Waals surface area contributed by atoms with Crippen LogP contribution in [0.15, 0.2) is 72.8 Å². The Kier molecular flexibility index (Phi) is 5.67. The van der Waals surface area contributed by atoms with Crippen LogP contribution < -0.4 is 14.2 Å². The van der Waals surface area contributed by atoms with Crippen molar-refractivity contribution in [3.8, 4) is 28.5 Å². The Morgan fingerprint density at radius 3 is 2.29 bits per heavy atom. The number of nitrogens with zero attached hydrogens (tertiary/aromatic N) is 2. The number of H-pyrrole nitrogens is 1. The van der Waals surface area contributed by atoms with Crippen LogP contribution in [0.5, 0.6) is 17.2 Å². The maximum absolute atomic E-state index is 13.6. The fourth-order valence-electron chi connectivity index (χ4n) is 4.47. The summed E-state index contributed by atoms with van der Waals surface area (Å²) in [5, 5.41) is 7.53. The summed E-state index contributed by atoms with van der Waals surface area (Å²) in [6, 6.07) is 23.0. The SMILES string of the molecule is COc1ccc(CN2C(=O)c3[nH]nc(-c4ccccc4)c3C2c2ccc(OC)c(OC)c2)cc1. The molecule has 1 aliphatic heterocycles. The van der Waals surface area contributed by atoms with Gasteiger partial charge >= 0.3 is 0 Å². The Morgan fingerprint density at radius 1 is 0.882 bits per heavy atom. The molecule has 5 rings (SSSR count). The van der Waals surface area contributed by atoms with Gasteiger partial charge in [0.2, 0.25) is 0 Å². The standard InChI is InChI=1S/C27H25N3O4/c1-32-20-12-9-17(10-13-20)16-30-26(19-11-14-21(33-2)22(15-19)34-3)23-24(18-7-5-4-6-8-18)28-29-25(23)27(30)31/h4-15,26H,16H2,1-3H3,(H,28,29). The number of aromatic nitrogens is 2. The number of carbonyl (C=O) groups is 1. The van der Waals surface area contributed by atoms with E-state index in [1.54, 1.807) is 21.3 Å². The first kappa shape index (κ1) is 21.6. The second kappa shape index (κ2) is 8.94. The van der Waals surface area contributed by atoms with Crippen molar-refractivity contribution in [1.82, 2.24) is 15.1 Å². The summed E-state index contributed by atoms with van der Waals surface area (Å²) in [7, 11) is 4.85. The van der Waals surface area contributed by atoms with Crippen molar-refractivity contribution in [3.05, 3.63) is 95.2 Å². The van der Waals surface area contributed by atoms with E-state index >= 15 is 0 Å². The molecule has 1 aromatic heterocycles. The molecule has 34 heavy (non-hydrogen) atoms. The molecule has 0 saturated heterocycles. The number of ether oxygens (including phenoxy) is 3. The lowest BCUT2D eigenvalue weighted by molar-refractivity contribution is 0.0730. The molecule has 0 bridgehead atoms. The van der Waals surface area contributed by atoms with Crippen molar-refractivity contribution in [1.29, 1.82) is 0 Å². The minimum atomic E-state index is -0.349. The van der Waals surface area contributed by atoms with Gasteiger partial charge in [0.1, 0.15) is 11.4 Å². The summed E-state index contributed by atoms with van der Waals surface area (Å²) in [6.45, 7) is 0.429. The van der Waals surface area contributed by atoms with Crippen LogP contribution in [0, 0.1) is 0 Å². The van der Waals surface area contributed by atoms with Crippen molar-refractivity contribution in [2.24, 2.45) is 0 Å². The second-order valence-electron chi connectivity index (χ2n) is 8.02. The normalized spacial score (nSPS) is 14.7. The van der Waals surface area contributed by atoms with Gasteiger partial charge in [-0.15, -0.1) is 0 Å². The molecule has 3 aromatic carbocycles. The van der Waals surface area contributed by atoms with E-state index in [0.717, 1.165) is 33.7 Å². The van der Waals surface area contributed by atoms with Crippen LogP contribution in [0.4, 0.5) is 0 Å². The van der Waals surface area contributed by atoms with E-state index in [-0.39, 0.29) is 11.9 Å². The molecule has 0 radical (unpaired) electrons. The summed E-state index contributed by atoms with van der Waals surface area (Å²) in [5.41, 5.74) is 4.99. The van der Waals surface area contributed by atoms with E-state index in [1.807, 2.05) is 77.7 Å². The number of nitrogens with one attached hydrogen (secondary N) is 1. The Labute approximate surface area is 197 Å². The lowest BCUT2D eigenvalue weighted by atomic mass is 9.95. The van der Waals surface area contributed by atoms with E-state index < -0.39 is 0 Å². The van der Waals surface area contributed by atoms with Crippen LogP contribution in [0.25, 0.3) is 11.3 Å². The van der Waals surface area contributed by atoms with Crippen molar-refractivity contribution >= 4 is 5.91 Å². The van der Waals surface area contributed by atoms with E-state index in [2.05, 4.69) is 10.2 Å². The largest absolute Gasteiger partial charge is 0.497 e. The average molecular weight is 456 g/mol. The lowest BCUT2D eigenvalue weighted by Gasteiger charge is -2.27. The molecule has 7 heteroatoms. The van der Waals surface area contributed by atoms with Crippen LogP contribution in [0.1, 0.15) is 33.2 Å². The Morgan fingerprint density at radius 2 is 1.62 bits per heavy atom. The van der Waals surface area contributed by atoms with E-state index in [9.17, 15) is 4.79 Å². The van der Waals surface area contributed by atoms with Crippen LogP contribution in [0.2, 0.25) is 0 Å². The third-order valence-electron chi connectivity index (χ3n) is 6.15. The number of carbonyl (C=O) groups excluding carboxylic acids is 1. The van der Waals surface area contributed by atoms with E-state index in [0.29, 0.717) is 23.7 Å². The van der Waals surface area contributed by atoms with Crippen LogP contribution in [-0.4, -0.2) is 42.3 Å². The van der Waals surface area contributed by atoms with Crippen molar-refractivity contribution in [2.75, 3.05) is 21.3 Å². The van der Waals surface area contributed by atoms with Gasteiger partial charge in [0.15, 0.2) is 11.5 Å². The molecular weight excluding hydrogens is 430 g/mol. The summed E-state index contributed by atoms with van der Waals surface area (Å²) < 4.78 is 16.3. The van der Waals surface area contributed by atoms with Gasteiger partial charge in [0, 0.05) is 17.7 Å². The highest BCUT2D eigenvalue weighted by molar-refractivity contribution is 6.00. The minimum Gasteiger partial charge on any atom is -0.497 e. The molecule has 172 valence electrons. The molecule has 0 saturated carbocycles. The highest BCUT2D eigenvalue weighted by atomic mass is 16.5. The Hall–Kier alpha value is -4.26. The summed E-state index contributed by atoms with van der Waals surface area (Å²) >= 11 is 0. The quantitative estimate of drug-likeness (QED) is 0.431. The van der Waals surface area contributed by atoms with Gasteiger partial charge in [-0.25, -0.2) is 0 Å². The molecule has 7 nitrogen and oxygen atoms in total. The van der Waals surface area contributed by atoms with Crippen molar-refractivity contribution < 1.29 is 19.0 Å². The topological polar surface area (TPSA) is 76.7 Å². The average Bonchev–Trinajstić information content (AvgIpc) is 3.43. The molecule has 0 spiro atoms. The predicted molar refractivity (Wildman–Crippen MR) is 128 cm³/mol. The van der Waals surface area contributed by atoms with Crippen LogP contribution >= 0.6 is 0 Å². The Bertz CT molecular complexity index is 1320. The highest BCUT2D eigenvalue weighted by Crippen LogP contribution is 2.45. The zero-order chi connectivity index (χ0) is 23.7. The van der Waals surface area contributed by atoms with E-state index in [4.69, 9.17) is 14.2 Å². The molecule has 1 atom stereocenters. The molecule has 0 fully saturated rings. The lowest BCUT2D eigenvalue weighted by Crippen LogP contribution is -2.29. The smallest absolute Gasteiger partial charge is 0.273 e.